The molecule has 14 nitrogen and oxygen atoms in total. The summed E-state index contributed by atoms with van der Waals surface area (Å²) in [5.41, 5.74) is 9.91. The number of nitrogens with one attached hydrogen (secondary N) is 2. The van der Waals surface area contributed by atoms with E-state index in [1.807, 2.05) is 81.6 Å². The van der Waals surface area contributed by atoms with Crippen molar-refractivity contribution in [2.24, 2.45) is 5.92 Å². The minimum atomic E-state index is -0.907. The lowest BCUT2D eigenvalue weighted by Crippen LogP contribution is -2.55. The number of aromatic nitrogens is 4. The molecule has 3 atom stereocenters. The molecule has 15 heteroatoms. The van der Waals surface area contributed by atoms with Crippen LogP contribution in [0.4, 0.5) is 0 Å². The maximum atomic E-state index is 14.2. The number of aromatic amines is 1. The third-order valence-corrected chi connectivity index (χ3v) is 12.9. The summed E-state index contributed by atoms with van der Waals surface area (Å²) >= 11 is 1.53. The van der Waals surface area contributed by atoms with Crippen LogP contribution < -0.4 is 14.8 Å². The fourth-order valence-corrected chi connectivity index (χ4v) is 9.49. The molecule has 6 heterocycles. The maximum Gasteiger partial charge on any atom is 0.255 e. The summed E-state index contributed by atoms with van der Waals surface area (Å²) in [7, 11) is 0. The van der Waals surface area contributed by atoms with Gasteiger partial charge in [-0.2, -0.15) is 0 Å². The molecular formula is C49H49N7O7S. The Bertz CT molecular complexity index is 2820. The fourth-order valence-electron chi connectivity index (χ4n) is 8.69. The van der Waals surface area contributed by atoms with E-state index < -0.39 is 24.1 Å². The Morgan fingerprint density at radius 1 is 0.906 bits per heavy atom. The topological polar surface area (TPSA) is 172 Å². The molecule has 9 rings (SSSR count). The summed E-state index contributed by atoms with van der Waals surface area (Å²) in [4.78, 5) is 62.2. The van der Waals surface area contributed by atoms with Gasteiger partial charge in [0.1, 0.15) is 31.0 Å². The van der Waals surface area contributed by atoms with E-state index in [9.17, 15) is 19.5 Å². The van der Waals surface area contributed by atoms with Crippen LogP contribution in [0.1, 0.15) is 47.4 Å². The van der Waals surface area contributed by atoms with Gasteiger partial charge in [-0.1, -0.05) is 56.3 Å². The minimum absolute atomic E-state index is 0.00269. The molecule has 2 aliphatic heterocycles. The Morgan fingerprint density at radius 3 is 2.50 bits per heavy atom. The van der Waals surface area contributed by atoms with Crippen molar-refractivity contribution in [2.75, 3.05) is 33.0 Å². The van der Waals surface area contributed by atoms with Gasteiger partial charge in [-0.05, 0) is 59.9 Å². The Hall–Kier alpha value is -6.68. The smallest absolute Gasteiger partial charge is 0.255 e. The molecule has 0 saturated carbocycles. The number of rotatable bonds is 16. The minimum Gasteiger partial charge on any atom is -0.491 e. The van der Waals surface area contributed by atoms with Crippen LogP contribution in [0.2, 0.25) is 0 Å². The Labute approximate surface area is 374 Å². The van der Waals surface area contributed by atoms with E-state index in [1.54, 1.807) is 28.9 Å². The molecule has 7 aromatic rings. The number of ether oxygens (including phenoxy) is 3. The van der Waals surface area contributed by atoms with Gasteiger partial charge < -0.3 is 39.4 Å². The number of pyridine rings is 2. The predicted octanol–water partition coefficient (Wildman–Crippen LogP) is 6.94. The number of likely N-dealkylation sites (tertiary alicyclic amines) is 1. The SMILES string of the molecule is Cc1ncsc1-c1ccc(CNC(=O)C2CC(O)CN2C(=O)[C@H](C(C)C)N2Cc3ccccc3C2=O)c(OCCOCCOc2ccc(-c3ccc4c(c3)[nH]c3ccncc34)cn2)c1. The molecule has 3 amide bonds. The third kappa shape index (κ3) is 8.78. The molecular weight excluding hydrogens is 831 g/mol. The maximum absolute atomic E-state index is 14.2. The van der Waals surface area contributed by atoms with E-state index in [0.29, 0.717) is 37.0 Å². The molecule has 328 valence electrons. The van der Waals surface area contributed by atoms with E-state index in [4.69, 9.17) is 14.2 Å². The van der Waals surface area contributed by atoms with Crippen molar-refractivity contribution in [3.8, 4) is 33.2 Å². The van der Waals surface area contributed by atoms with Crippen molar-refractivity contribution < 1.29 is 33.7 Å². The van der Waals surface area contributed by atoms with Crippen LogP contribution in [-0.2, 0) is 27.4 Å². The zero-order chi connectivity index (χ0) is 44.3. The highest BCUT2D eigenvalue weighted by Crippen LogP contribution is 2.34. The average molecular weight is 880 g/mol. The second-order valence-electron chi connectivity index (χ2n) is 16.5. The molecule has 0 radical (unpaired) electrons. The number of aryl methyl sites for hydroxylation is 1. The molecule has 3 aromatic carbocycles. The van der Waals surface area contributed by atoms with Crippen molar-refractivity contribution in [1.82, 2.24) is 35.1 Å². The van der Waals surface area contributed by atoms with E-state index in [0.717, 1.165) is 60.2 Å². The van der Waals surface area contributed by atoms with Gasteiger partial charge in [0, 0.05) is 89.2 Å². The van der Waals surface area contributed by atoms with E-state index in [1.165, 1.54) is 16.2 Å². The highest BCUT2D eigenvalue weighted by Gasteiger charge is 2.45. The molecule has 0 bridgehead atoms. The molecule has 4 aromatic heterocycles. The van der Waals surface area contributed by atoms with Crippen LogP contribution in [0.15, 0.2) is 103 Å². The van der Waals surface area contributed by atoms with Gasteiger partial charge in [0.05, 0.1) is 35.4 Å². The van der Waals surface area contributed by atoms with Crippen LogP contribution >= 0.6 is 11.3 Å². The number of aliphatic hydroxyl groups excluding tert-OH is 1. The first-order valence-electron chi connectivity index (χ1n) is 21.5. The number of carbonyl (C=O) groups excluding carboxylic acids is 3. The molecule has 1 fully saturated rings. The number of nitrogens with zero attached hydrogens (tertiary/aromatic N) is 5. The second-order valence-corrected chi connectivity index (χ2v) is 17.3. The number of fused-ring (bicyclic) bond motifs is 4. The summed E-state index contributed by atoms with van der Waals surface area (Å²) in [5.74, 6) is -0.113. The summed E-state index contributed by atoms with van der Waals surface area (Å²) < 4.78 is 18.0. The van der Waals surface area contributed by atoms with E-state index >= 15 is 0 Å². The van der Waals surface area contributed by atoms with Crippen molar-refractivity contribution in [1.29, 1.82) is 0 Å². The lowest BCUT2D eigenvalue weighted by molar-refractivity contribution is -0.143. The van der Waals surface area contributed by atoms with Crippen LogP contribution in [0, 0.1) is 12.8 Å². The molecule has 3 N–H and O–H groups in total. The van der Waals surface area contributed by atoms with Crippen molar-refractivity contribution in [3.05, 3.63) is 125 Å². The number of hydrogen-bond donors (Lipinski definition) is 3. The lowest BCUT2D eigenvalue weighted by atomic mass is 10.0. The van der Waals surface area contributed by atoms with Crippen molar-refractivity contribution in [2.45, 2.75) is 58.5 Å². The normalized spacial score (nSPS) is 16.5. The number of thiazole rings is 1. The first-order valence-corrected chi connectivity index (χ1v) is 22.3. The Balaban J connectivity index is 0.790. The standard InChI is InChI=1S/C49H49N7O7S/c1-29(2)45(56-26-35-6-4-5-7-37(35)48(56)59)49(60)55-27-36(57)22-42(55)47(58)52-24-34-9-8-32(46-30(3)53-28-64-46)21-43(34)62-18-16-61-17-19-63-44-13-11-33(23-51-44)31-10-12-38-39-25-50-15-14-40(39)54-41(38)20-31/h4-15,20-21,23,25,28-29,36,42,45,54,57H,16-19,22,24,26-27H2,1-3H3,(H,52,58)/t36?,42?,45-/m0/s1. The van der Waals surface area contributed by atoms with E-state index in [-0.39, 0.29) is 50.5 Å². The molecule has 1 saturated heterocycles. The molecule has 0 aliphatic carbocycles. The molecule has 64 heavy (non-hydrogen) atoms. The fraction of sp³-hybridized carbons (Fsp3) is 0.306. The summed E-state index contributed by atoms with van der Waals surface area (Å²) in [6, 6.07) is 23.5. The number of aliphatic hydroxyl groups is 1. The lowest BCUT2D eigenvalue weighted by Gasteiger charge is -2.35. The van der Waals surface area contributed by atoms with Crippen LogP contribution in [0.5, 0.6) is 11.6 Å². The molecule has 2 aliphatic rings. The van der Waals surface area contributed by atoms with Gasteiger partial charge in [-0.3, -0.25) is 19.4 Å². The second kappa shape index (κ2) is 18.6. The largest absolute Gasteiger partial charge is 0.491 e. The van der Waals surface area contributed by atoms with Crippen LogP contribution in [-0.4, -0.2) is 104 Å². The number of hydrogen-bond acceptors (Lipinski definition) is 11. The van der Waals surface area contributed by atoms with Crippen LogP contribution in [0.25, 0.3) is 43.4 Å². The van der Waals surface area contributed by atoms with Crippen molar-refractivity contribution >= 4 is 50.9 Å². The molecule has 0 spiro atoms. The number of carbonyl (C=O) groups is 3. The highest BCUT2D eigenvalue weighted by atomic mass is 32.1. The monoisotopic (exact) mass is 879 g/mol. The zero-order valence-electron chi connectivity index (χ0n) is 35.8. The van der Waals surface area contributed by atoms with Gasteiger partial charge >= 0.3 is 0 Å². The number of β-amino-alcohol motifs (C(OH)–C–C–N with tert-alkyl or cyclic N) is 1. The Kier molecular flexibility index (Phi) is 12.4. The van der Waals surface area contributed by atoms with Gasteiger partial charge in [0.15, 0.2) is 0 Å². The highest BCUT2D eigenvalue weighted by molar-refractivity contribution is 7.13. The quantitative estimate of drug-likeness (QED) is 0.0864. The van der Waals surface area contributed by atoms with Gasteiger partial charge in [-0.15, -0.1) is 11.3 Å². The van der Waals surface area contributed by atoms with Crippen LogP contribution in [0.3, 0.4) is 0 Å². The number of amides is 3. The zero-order valence-corrected chi connectivity index (χ0v) is 36.6. The molecule has 2 unspecified atom stereocenters. The third-order valence-electron chi connectivity index (χ3n) is 11.9. The van der Waals surface area contributed by atoms with Crippen molar-refractivity contribution in [3.63, 3.8) is 0 Å². The number of H-pyrrole nitrogens is 1. The Morgan fingerprint density at radius 2 is 1.72 bits per heavy atom. The summed E-state index contributed by atoms with van der Waals surface area (Å²) in [6.07, 6.45) is 4.66. The summed E-state index contributed by atoms with van der Waals surface area (Å²) in [5, 5.41) is 16.0. The number of benzene rings is 3. The average Bonchev–Trinajstić information content (AvgIpc) is 4.09. The first kappa shape index (κ1) is 42.6. The summed E-state index contributed by atoms with van der Waals surface area (Å²) in [6.45, 7) is 7.32. The predicted molar refractivity (Wildman–Crippen MR) is 244 cm³/mol. The van der Waals surface area contributed by atoms with Gasteiger partial charge in [0.2, 0.25) is 17.7 Å². The van der Waals surface area contributed by atoms with Gasteiger partial charge in [0.25, 0.3) is 5.91 Å². The van der Waals surface area contributed by atoms with E-state index in [2.05, 4.69) is 43.5 Å². The first-order chi connectivity index (χ1) is 31.1. The van der Waals surface area contributed by atoms with Gasteiger partial charge in [-0.25, -0.2) is 9.97 Å².